The molecule has 0 unspecified atom stereocenters. The zero-order valence-corrected chi connectivity index (χ0v) is 6.31. The van der Waals surface area contributed by atoms with Gasteiger partial charge >= 0.3 is 0 Å². The Bertz CT molecular complexity index is 240. The van der Waals surface area contributed by atoms with Gasteiger partial charge in [0.15, 0.2) is 5.22 Å². The highest BCUT2D eigenvalue weighted by Gasteiger charge is 2.01. The Labute approximate surface area is 63.8 Å². The summed E-state index contributed by atoms with van der Waals surface area (Å²) in [6.07, 6.45) is 0.326. The van der Waals surface area contributed by atoms with Crippen molar-refractivity contribution < 1.29 is 9.21 Å². The van der Waals surface area contributed by atoms with Crippen LogP contribution in [0.15, 0.2) is 16.5 Å². The zero-order chi connectivity index (χ0) is 7.56. The molecule has 0 aliphatic rings. The molecule has 0 aliphatic heterocycles. The van der Waals surface area contributed by atoms with E-state index in [0.717, 1.165) is 0 Å². The monoisotopic (exact) mass is 158 g/mol. The van der Waals surface area contributed by atoms with Crippen molar-refractivity contribution in [3.63, 3.8) is 0 Å². The van der Waals surface area contributed by atoms with Gasteiger partial charge < -0.3 is 4.42 Å². The van der Waals surface area contributed by atoms with Gasteiger partial charge in [-0.05, 0) is 30.7 Å². The van der Waals surface area contributed by atoms with Gasteiger partial charge in [0.25, 0.3) is 0 Å². The summed E-state index contributed by atoms with van der Waals surface area (Å²) in [5, 5.41) is 0.330. The third kappa shape index (κ3) is 1.88. The van der Waals surface area contributed by atoms with Crippen LogP contribution in [-0.4, -0.2) is 5.78 Å². The molecule has 0 aromatic carbocycles. The number of carbonyl (C=O) groups excluding carboxylic acids is 1. The standard InChI is InChI=1S/C7H7ClO2/c1-5(9)4-6-2-3-7(8)10-6/h2-3H,4H2,1H3. The second-order valence-corrected chi connectivity index (χ2v) is 2.46. The SMILES string of the molecule is CC(=O)Cc1ccc(Cl)o1. The molecule has 10 heavy (non-hydrogen) atoms. The first-order chi connectivity index (χ1) is 4.68. The Hall–Kier alpha value is -0.760. The number of hydrogen-bond donors (Lipinski definition) is 0. The molecule has 1 heterocycles. The van der Waals surface area contributed by atoms with Crippen LogP contribution in [0, 0.1) is 0 Å². The molecule has 3 heteroatoms. The minimum Gasteiger partial charge on any atom is -0.449 e. The summed E-state index contributed by atoms with van der Waals surface area (Å²) in [5.74, 6) is 0.698. The molecular formula is C7H7ClO2. The minimum atomic E-state index is 0.0750. The van der Waals surface area contributed by atoms with E-state index in [-0.39, 0.29) is 5.78 Å². The van der Waals surface area contributed by atoms with Crippen LogP contribution in [0.1, 0.15) is 12.7 Å². The second-order valence-electron chi connectivity index (χ2n) is 2.08. The number of Topliss-reactive ketones (excluding diaryl/α,β-unsaturated/α-hetero) is 1. The summed E-state index contributed by atoms with van der Waals surface area (Å²) >= 11 is 5.47. The average Bonchev–Trinajstić information content (AvgIpc) is 2.13. The lowest BCUT2D eigenvalue weighted by atomic mass is 10.2. The molecule has 0 amide bonds. The molecule has 0 fully saturated rings. The highest BCUT2D eigenvalue weighted by Crippen LogP contribution is 2.13. The Kier molecular flexibility index (Phi) is 2.12. The fourth-order valence-electron chi connectivity index (χ4n) is 0.692. The number of ketones is 1. The van der Waals surface area contributed by atoms with E-state index in [1.807, 2.05) is 0 Å². The van der Waals surface area contributed by atoms with E-state index in [0.29, 0.717) is 17.4 Å². The molecule has 1 aromatic rings. The van der Waals surface area contributed by atoms with Crippen molar-refractivity contribution in [1.82, 2.24) is 0 Å². The van der Waals surface area contributed by atoms with Gasteiger partial charge in [-0.3, -0.25) is 4.79 Å². The molecule has 0 saturated heterocycles. The summed E-state index contributed by atoms with van der Waals surface area (Å²) in [6, 6.07) is 3.32. The first-order valence-electron chi connectivity index (χ1n) is 2.92. The number of rotatable bonds is 2. The van der Waals surface area contributed by atoms with Gasteiger partial charge in [-0.15, -0.1) is 0 Å². The predicted octanol–water partition coefficient (Wildman–Crippen LogP) is 2.06. The van der Waals surface area contributed by atoms with E-state index in [4.69, 9.17) is 16.0 Å². The summed E-state index contributed by atoms with van der Waals surface area (Å²) in [5.41, 5.74) is 0. The van der Waals surface area contributed by atoms with Crippen molar-refractivity contribution in [3.05, 3.63) is 23.1 Å². The van der Waals surface area contributed by atoms with Gasteiger partial charge in [-0.25, -0.2) is 0 Å². The van der Waals surface area contributed by atoms with Crippen LogP contribution in [0.25, 0.3) is 0 Å². The molecule has 0 atom stereocenters. The zero-order valence-electron chi connectivity index (χ0n) is 5.56. The Balaban J connectivity index is 2.67. The minimum absolute atomic E-state index is 0.0750. The van der Waals surface area contributed by atoms with Crippen molar-refractivity contribution >= 4 is 17.4 Å². The van der Waals surface area contributed by atoms with Crippen LogP contribution >= 0.6 is 11.6 Å². The molecule has 0 saturated carbocycles. The number of hydrogen-bond acceptors (Lipinski definition) is 2. The average molecular weight is 159 g/mol. The van der Waals surface area contributed by atoms with Gasteiger partial charge in [0.1, 0.15) is 11.5 Å². The third-order valence-electron chi connectivity index (χ3n) is 1.05. The number of halogens is 1. The van der Waals surface area contributed by atoms with E-state index in [9.17, 15) is 4.79 Å². The molecular weight excluding hydrogens is 152 g/mol. The largest absolute Gasteiger partial charge is 0.449 e. The number of furan rings is 1. The normalized spacial score (nSPS) is 9.80. The quantitative estimate of drug-likeness (QED) is 0.660. The van der Waals surface area contributed by atoms with Crippen LogP contribution in [-0.2, 0) is 11.2 Å². The van der Waals surface area contributed by atoms with Gasteiger partial charge in [0.2, 0.25) is 0 Å². The predicted molar refractivity (Wildman–Crippen MR) is 38.1 cm³/mol. The smallest absolute Gasteiger partial charge is 0.193 e. The van der Waals surface area contributed by atoms with Gasteiger partial charge in [-0.2, -0.15) is 0 Å². The molecule has 0 radical (unpaired) electrons. The van der Waals surface area contributed by atoms with Gasteiger partial charge in [0.05, 0.1) is 6.42 Å². The van der Waals surface area contributed by atoms with Crippen molar-refractivity contribution in [2.75, 3.05) is 0 Å². The summed E-state index contributed by atoms with van der Waals surface area (Å²) in [7, 11) is 0. The fraction of sp³-hybridized carbons (Fsp3) is 0.286. The van der Waals surface area contributed by atoms with Crippen LogP contribution in [0.5, 0.6) is 0 Å². The summed E-state index contributed by atoms with van der Waals surface area (Å²) in [4.78, 5) is 10.5. The summed E-state index contributed by atoms with van der Waals surface area (Å²) in [6.45, 7) is 1.51. The Morgan fingerprint density at radius 2 is 2.40 bits per heavy atom. The third-order valence-corrected chi connectivity index (χ3v) is 1.26. The lowest BCUT2D eigenvalue weighted by molar-refractivity contribution is -0.116. The number of carbonyl (C=O) groups is 1. The summed E-state index contributed by atoms with van der Waals surface area (Å²) < 4.78 is 4.94. The lowest BCUT2D eigenvalue weighted by Crippen LogP contribution is -1.93. The molecule has 1 aromatic heterocycles. The van der Waals surface area contributed by atoms with Crippen LogP contribution in [0.2, 0.25) is 5.22 Å². The van der Waals surface area contributed by atoms with E-state index in [1.165, 1.54) is 6.92 Å². The first-order valence-corrected chi connectivity index (χ1v) is 3.30. The molecule has 0 bridgehead atoms. The van der Waals surface area contributed by atoms with E-state index < -0.39 is 0 Å². The van der Waals surface area contributed by atoms with E-state index in [2.05, 4.69) is 0 Å². The van der Waals surface area contributed by atoms with Crippen molar-refractivity contribution in [2.45, 2.75) is 13.3 Å². The van der Waals surface area contributed by atoms with Crippen molar-refractivity contribution in [2.24, 2.45) is 0 Å². The Morgan fingerprint density at radius 1 is 1.70 bits per heavy atom. The van der Waals surface area contributed by atoms with E-state index in [1.54, 1.807) is 12.1 Å². The van der Waals surface area contributed by atoms with Crippen LogP contribution in [0.4, 0.5) is 0 Å². The highest BCUT2D eigenvalue weighted by molar-refractivity contribution is 6.28. The topological polar surface area (TPSA) is 30.2 Å². The van der Waals surface area contributed by atoms with Gasteiger partial charge in [-0.1, -0.05) is 0 Å². The fourth-order valence-corrected chi connectivity index (χ4v) is 0.854. The first kappa shape index (κ1) is 7.35. The van der Waals surface area contributed by atoms with Gasteiger partial charge in [0, 0.05) is 0 Å². The molecule has 1 rings (SSSR count). The maximum atomic E-state index is 10.5. The molecule has 0 aliphatic carbocycles. The second kappa shape index (κ2) is 2.88. The molecule has 0 spiro atoms. The maximum Gasteiger partial charge on any atom is 0.193 e. The van der Waals surface area contributed by atoms with E-state index >= 15 is 0 Å². The molecule has 0 N–H and O–H groups in total. The molecule has 54 valence electrons. The molecule has 2 nitrogen and oxygen atoms in total. The lowest BCUT2D eigenvalue weighted by Gasteiger charge is -1.87. The highest BCUT2D eigenvalue weighted by atomic mass is 35.5. The van der Waals surface area contributed by atoms with Crippen molar-refractivity contribution in [1.29, 1.82) is 0 Å². The van der Waals surface area contributed by atoms with Crippen LogP contribution in [0.3, 0.4) is 0 Å². The maximum absolute atomic E-state index is 10.5. The van der Waals surface area contributed by atoms with Crippen molar-refractivity contribution in [3.8, 4) is 0 Å². The Morgan fingerprint density at radius 3 is 2.80 bits per heavy atom. The van der Waals surface area contributed by atoms with Crippen LogP contribution < -0.4 is 0 Å².